The van der Waals surface area contributed by atoms with Crippen molar-refractivity contribution in [2.24, 2.45) is 0 Å². The molecule has 0 heterocycles. The van der Waals surface area contributed by atoms with Crippen LogP contribution >= 0.6 is 0 Å². The molecule has 0 aliphatic rings. The highest BCUT2D eigenvalue weighted by Gasteiger charge is 1.95. The van der Waals surface area contributed by atoms with Gasteiger partial charge < -0.3 is 10.2 Å². The van der Waals surface area contributed by atoms with Gasteiger partial charge >= 0.3 is 11.9 Å². The molecule has 44 heavy (non-hydrogen) atoms. The Morgan fingerprint density at radius 2 is 0.886 bits per heavy atom. The maximum atomic E-state index is 10.3. The molecule has 0 rings (SSSR count). The Bertz CT molecular complexity index is 910. The van der Waals surface area contributed by atoms with E-state index in [-0.39, 0.29) is 0 Å². The summed E-state index contributed by atoms with van der Waals surface area (Å²) >= 11 is 0. The number of unbranched alkanes of at least 4 members (excludes halogenated alkanes) is 11. The van der Waals surface area contributed by atoms with Crippen LogP contribution in [0.15, 0.2) is 109 Å². The number of carbonyl (C=O) groups is 2. The molecule has 0 spiro atoms. The second-order valence-electron chi connectivity index (χ2n) is 10.5. The van der Waals surface area contributed by atoms with Gasteiger partial charge in [-0.25, -0.2) is 4.79 Å². The number of hydrogen-bond acceptors (Lipinski definition) is 2. The molecule has 0 fully saturated rings. The largest absolute Gasteiger partial charge is 0.481 e. The van der Waals surface area contributed by atoms with Crippen LogP contribution in [0, 0.1) is 0 Å². The van der Waals surface area contributed by atoms with Crippen LogP contribution in [0.25, 0.3) is 0 Å². The summed E-state index contributed by atoms with van der Waals surface area (Å²) in [5.74, 6) is -1.61. The zero-order valence-corrected chi connectivity index (χ0v) is 27.8. The number of aliphatic carboxylic acids is 2. The van der Waals surface area contributed by atoms with Gasteiger partial charge in [0.25, 0.3) is 0 Å². The van der Waals surface area contributed by atoms with Crippen LogP contribution in [-0.2, 0) is 9.59 Å². The summed E-state index contributed by atoms with van der Waals surface area (Å²) in [7, 11) is 0. The van der Waals surface area contributed by atoms with Crippen molar-refractivity contribution in [3.05, 3.63) is 109 Å². The predicted octanol–water partition coefficient (Wildman–Crippen LogP) is 12.2. The van der Waals surface area contributed by atoms with E-state index >= 15 is 0 Å². The van der Waals surface area contributed by atoms with Gasteiger partial charge in [-0.3, -0.25) is 4.79 Å². The van der Waals surface area contributed by atoms with Crippen LogP contribution < -0.4 is 0 Å². The Labute approximate surface area is 270 Å². The topological polar surface area (TPSA) is 74.6 Å². The van der Waals surface area contributed by atoms with Crippen molar-refractivity contribution < 1.29 is 19.8 Å². The lowest BCUT2D eigenvalue weighted by molar-refractivity contribution is -0.137. The van der Waals surface area contributed by atoms with Crippen LogP contribution in [0.5, 0.6) is 0 Å². The van der Waals surface area contributed by atoms with Crippen molar-refractivity contribution in [1.82, 2.24) is 0 Å². The molecular formula is C40H62O4. The van der Waals surface area contributed by atoms with E-state index in [1.54, 1.807) is 12.2 Å². The van der Waals surface area contributed by atoms with Gasteiger partial charge in [0.1, 0.15) is 0 Å². The minimum absolute atomic E-state index is 0.309. The van der Waals surface area contributed by atoms with Crippen LogP contribution in [0.4, 0.5) is 0 Å². The Balaban J connectivity index is 0. The van der Waals surface area contributed by atoms with Crippen LogP contribution in [-0.4, -0.2) is 22.2 Å². The molecule has 0 bridgehead atoms. The van der Waals surface area contributed by atoms with Crippen molar-refractivity contribution >= 4 is 11.9 Å². The van der Waals surface area contributed by atoms with Crippen molar-refractivity contribution in [1.29, 1.82) is 0 Å². The summed E-state index contributed by atoms with van der Waals surface area (Å²) in [4.78, 5) is 20.5. The average molecular weight is 607 g/mol. The van der Waals surface area contributed by atoms with Gasteiger partial charge in [-0.15, -0.1) is 0 Å². The smallest absolute Gasteiger partial charge is 0.328 e. The Morgan fingerprint density at radius 1 is 0.455 bits per heavy atom. The van der Waals surface area contributed by atoms with Gasteiger partial charge in [-0.05, 0) is 57.8 Å². The molecule has 0 saturated heterocycles. The molecule has 0 aliphatic carbocycles. The highest BCUT2D eigenvalue weighted by atomic mass is 16.4. The molecule has 0 aromatic heterocycles. The lowest BCUT2D eigenvalue weighted by atomic mass is 10.1. The van der Waals surface area contributed by atoms with Gasteiger partial charge in [0.05, 0.1) is 0 Å². The number of rotatable bonds is 27. The molecular weight excluding hydrogens is 544 g/mol. The van der Waals surface area contributed by atoms with Crippen LogP contribution in [0.1, 0.15) is 129 Å². The molecule has 0 saturated carbocycles. The molecule has 0 aromatic carbocycles. The van der Waals surface area contributed by atoms with Crippen LogP contribution in [0.3, 0.4) is 0 Å². The fraction of sp³-hybridized carbons (Fsp3) is 0.500. The van der Waals surface area contributed by atoms with E-state index in [2.05, 4.69) is 74.6 Å². The number of carboxylic acid groups (broad SMARTS) is 2. The van der Waals surface area contributed by atoms with E-state index in [0.717, 1.165) is 70.3 Å². The fourth-order valence-electron chi connectivity index (χ4n) is 3.91. The van der Waals surface area contributed by atoms with Crippen molar-refractivity contribution in [3.8, 4) is 0 Å². The van der Waals surface area contributed by atoms with Crippen molar-refractivity contribution in [2.75, 3.05) is 0 Å². The van der Waals surface area contributed by atoms with E-state index in [1.807, 2.05) is 24.3 Å². The highest BCUT2D eigenvalue weighted by Crippen LogP contribution is 2.09. The number of carboxylic acids is 2. The van der Waals surface area contributed by atoms with E-state index in [1.165, 1.54) is 51.0 Å². The lowest BCUT2D eigenvalue weighted by Gasteiger charge is -1.98. The van der Waals surface area contributed by atoms with Gasteiger partial charge in [0.2, 0.25) is 0 Å². The third-order valence-corrected chi connectivity index (χ3v) is 6.36. The minimum atomic E-state index is -0.931. The van der Waals surface area contributed by atoms with Gasteiger partial charge in [0, 0.05) is 12.5 Å². The molecule has 0 atom stereocenters. The number of allylic oxidation sites excluding steroid dienone is 17. The molecule has 0 radical (unpaired) electrons. The second-order valence-corrected chi connectivity index (χ2v) is 10.5. The first-order chi connectivity index (χ1) is 21.5. The Morgan fingerprint density at radius 3 is 1.41 bits per heavy atom. The third kappa shape index (κ3) is 45.6. The first kappa shape index (κ1) is 42.7. The first-order valence-electron chi connectivity index (χ1n) is 16.9. The quantitative estimate of drug-likeness (QED) is 0.0422. The normalized spacial score (nSPS) is 12.6. The molecule has 0 aliphatic heterocycles. The molecule has 4 heteroatoms. The lowest BCUT2D eigenvalue weighted by Crippen LogP contribution is -1.93. The number of hydrogen-bond donors (Lipinski definition) is 2. The van der Waals surface area contributed by atoms with Crippen LogP contribution in [0.2, 0.25) is 0 Å². The first-order valence-corrected chi connectivity index (χ1v) is 16.9. The fourth-order valence-corrected chi connectivity index (χ4v) is 3.91. The van der Waals surface area contributed by atoms with Gasteiger partial charge in [-0.2, -0.15) is 0 Å². The molecule has 246 valence electrons. The Kier molecular flexibility index (Phi) is 38.5. The minimum Gasteiger partial charge on any atom is -0.481 e. The molecule has 0 unspecified atom stereocenters. The molecule has 2 N–H and O–H groups in total. The maximum absolute atomic E-state index is 10.3. The van der Waals surface area contributed by atoms with E-state index < -0.39 is 11.9 Å². The zero-order valence-electron chi connectivity index (χ0n) is 27.8. The molecule has 4 nitrogen and oxygen atoms in total. The Hall–Kier alpha value is -3.40. The average Bonchev–Trinajstić information content (AvgIpc) is 3.00. The van der Waals surface area contributed by atoms with Gasteiger partial charge in [-0.1, -0.05) is 169 Å². The zero-order chi connectivity index (χ0) is 32.6. The molecule has 0 amide bonds. The highest BCUT2D eigenvalue weighted by molar-refractivity contribution is 5.80. The van der Waals surface area contributed by atoms with E-state index in [9.17, 15) is 9.59 Å². The summed E-state index contributed by atoms with van der Waals surface area (Å²) < 4.78 is 0. The van der Waals surface area contributed by atoms with E-state index in [0.29, 0.717) is 6.42 Å². The summed E-state index contributed by atoms with van der Waals surface area (Å²) in [6.45, 7) is 4.40. The van der Waals surface area contributed by atoms with Crippen molar-refractivity contribution in [3.63, 3.8) is 0 Å². The summed E-state index contributed by atoms with van der Waals surface area (Å²) in [6, 6.07) is 0. The maximum Gasteiger partial charge on any atom is 0.328 e. The van der Waals surface area contributed by atoms with E-state index in [4.69, 9.17) is 10.2 Å². The van der Waals surface area contributed by atoms with Crippen molar-refractivity contribution in [2.45, 2.75) is 129 Å². The predicted molar refractivity (Wildman–Crippen MR) is 192 cm³/mol. The molecule has 0 aromatic rings. The standard InChI is InChI=1S/C20H32O2.C20H30O2/c2*1-2-3-4-5-6-7-8-9-10-11-12-13-14-15-16-17-18-19-20(21)22/h3-4,6-7,9-10,12-13H,2,5,8,11,14-19H2,1H3,(H,21,22);10-19H,2-9H2,1H3,(H,21,22)/b4-3+,7-6+,10-9+,13-12+;11-10+,13-12+,15-14+,17-16+,19-18+. The summed E-state index contributed by atoms with van der Waals surface area (Å²) in [5, 5.41) is 16.9. The third-order valence-electron chi connectivity index (χ3n) is 6.36. The second kappa shape index (κ2) is 39.6. The summed E-state index contributed by atoms with van der Waals surface area (Å²) in [6.07, 6.45) is 56.1. The van der Waals surface area contributed by atoms with Gasteiger partial charge in [0.15, 0.2) is 0 Å². The monoisotopic (exact) mass is 606 g/mol. The summed E-state index contributed by atoms with van der Waals surface area (Å²) in [5.41, 5.74) is 0. The SMILES string of the molecule is CC/C=C/C/C=C/C/C=C/C/C=C/CCCCCCC(=O)O.CCCCCCCCC/C=C/C=C/C=C/C=C/C=C/C(=O)O.